The van der Waals surface area contributed by atoms with Crippen molar-refractivity contribution in [3.05, 3.63) is 24.3 Å². The maximum atomic E-state index is 11.3. The number of hydrogen-bond donors (Lipinski definition) is 0. The van der Waals surface area contributed by atoms with E-state index in [0.29, 0.717) is 5.75 Å². The molecule has 0 atom stereocenters. The number of carbonyl (C=O) groups excluding carboxylic acids is 1. The molecule has 8 heteroatoms. The van der Waals surface area contributed by atoms with Crippen LogP contribution in [0.3, 0.4) is 0 Å². The number of rotatable bonds is 4. The summed E-state index contributed by atoms with van der Waals surface area (Å²) in [5.41, 5.74) is -2.52. The molecule has 1 aromatic carbocycles. The molecular weight excluding hydrogens is 439 g/mol. The zero-order valence-electron chi connectivity index (χ0n) is 18.8. The molecule has 2 saturated heterocycles. The number of carbonyl (C=O) groups is 1. The fourth-order valence-electron chi connectivity index (χ4n) is 3.32. The Kier molecular flexibility index (Phi) is 5.01. The molecule has 0 N–H and O–H groups in total. The summed E-state index contributed by atoms with van der Waals surface area (Å²) in [6.07, 6.45) is 0. The van der Waals surface area contributed by atoms with E-state index in [4.69, 9.17) is 19.6 Å². The number of ether oxygens (including phenoxy) is 2. The summed E-state index contributed by atoms with van der Waals surface area (Å²) in [5, 5.41) is 0. The zero-order valence-corrected chi connectivity index (χ0v) is 20.7. The van der Waals surface area contributed by atoms with Gasteiger partial charge in [-0.25, -0.2) is 0 Å². The van der Waals surface area contributed by atoms with Gasteiger partial charge in [-0.2, -0.15) is 0 Å². The molecule has 1 aromatic rings. The second-order valence-electron chi connectivity index (χ2n) is 9.58. The van der Waals surface area contributed by atoms with Gasteiger partial charge < -0.3 is 0 Å². The molecule has 0 bridgehead atoms. The Balaban J connectivity index is 2.07. The van der Waals surface area contributed by atoms with E-state index in [1.165, 1.54) is 7.11 Å². The third-order valence-electron chi connectivity index (χ3n) is 6.29. The van der Waals surface area contributed by atoms with Crippen molar-refractivity contribution < 1.29 is 29.2 Å². The van der Waals surface area contributed by atoms with Gasteiger partial charge in [0.2, 0.25) is 0 Å². The van der Waals surface area contributed by atoms with Crippen molar-refractivity contribution in [2.75, 3.05) is 13.7 Å². The van der Waals surface area contributed by atoms with E-state index in [1.807, 2.05) is 67.5 Å². The Bertz CT molecular complexity index is 735. The van der Waals surface area contributed by atoms with Crippen LogP contribution in [0.1, 0.15) is 55.4 Å². The van der Waals surface area contributed by atoms with Gasteiger partial charge in [-0.3, -0.25) is 0 Å². The standard InChI is InChI=1S/C21H33AsO7/c1-18(2)19(3,4)27-22(26-18,28-20(5,6)21(7,8)29-22)15-10-12-16(13-11-15)25-14-17(23)24-9/h10-13H,14H2,1-9H3. The first-order chi connectivity index (χ1) is 13.1. The Morgan fingerprint density at radius 2 is 1.17 bits per heavy atom. The van der Waals surface area contributed by atoms with Crippen molar-refractivity contribution in [3.63, 3.8) is 0 Å². The van der Waals surface area contributed by atoms with Gasteiger partial charge in [0.1, 0.15) is 0 Å². The van der Waals surface area contributed by atoms with Crippen LogP contribution >= 0.6 is 0 Å². The molecule has 0 amide bonds. The van der Waals surface area contributed by atoms with Crippen LogP contribution in [0.2, 0.25) is 0 Å². The normalized spacial score (nSPS) is 28.4. The van der Waals surface area contributed by atoms with Crippen molar-refractivity contribution in [2.24, 2.45) is 0 Å². The molecule has 2 fully saturated rings. The second kappa shape index (κ2) is 6.44. The SMILES string of the molecule is COC(=O)COc1ccc([As]23(OC(C)(C)C(C)(C)O2)OC(C)(C)C(C)(C)O3)cc1. The van der Waals surface area contributed by atoms with Gasteiger partial charge >= 0.3 is 175 Å². The molecule has 0 aliphatic carbocycles. The summed E-state index contributed by atoms with van der Waals surface area (Å²) in [6.45, 7) is 15.8. The Labute approximate surface area is 175 Å². The Morgan fingerprint density at radius 1 is 0.793 bits per heavy atom. The van der Waals surface area contributed by atoms with Gasteiger partial charge in [0.25, 0.3) is 0 Å². The number of hydrogen-bond acceptors (Lipinski definition) is 7. The van der Waals surface area contributed by atoms with Crippen molar-refractivity contribution in [1.29, 1.82) is 0 Å². The molecule has 7 nitrogen and oxygen atoms in total. The van der Waals surface area contributed by atoms with Crippen LogP contribution in [0.25, 0.3) is 0 Å². The van der Waals surface area contributed by atoms with Crippen LogP contribution in [0.15, 0.2) is 24.3 Å². The Hall–Kier alpha value is -1.11. The maximum absolute atomic E-state index is 11.3. The van der Waals surface area contributed by atoms with Crippen molar-refractivity contribution in [3.8, 4) is 5.75 Å². The average molecular weight is 472 g/mol. The minimum atomic E-state index is -4.88. The molecule has 0 unspecified atom stereocenters. The molecule has 0 radical (unpaired) electrons. The van der Waals surface area contributed by atoms with Gasteiger partial charge in [0, 0.05) is 0 Å². The van der Waals surface area contributed by atoms with Crippen molar-refractivity contribution in [2.45, 2.75) is 77.8 Å². The molecule has 1 spiro atoms. The third-order valence-corrected chi connectivity index (χ3v) is 15.2. The molecule has 2 aliphatic rings. The third kappa shape index (κ3) is 3.41. The van der Waals surface area contributed by atoms with E-state index in [9.17, 15) is 4.79 Å². The minimum absolute atomic E-state index is 0.163. The number of benzene rings is 1. The summed E-state index contributed by atoms with van der Waals surface area (Å²) in [5.74, 6) is 0.0813. The van der Waals surface area contributed by atoms with E-state index in [0.717, 1.165) is 4.35 Å². The first kappa shape index (κ1) is 22.6. The molecule has 2 aliphatic heterocycles. The van der Waals surface area contributed by atoms with Gasteiger partial charge in [0.05, 0.1) is 0 Å². The van der Waals surface area contributed by atoms with Crippen LogP contribution in [0.5, 0.6) is 5.75 Å². The number of methoxy groups -OCH3 is 1. The van der Waals surface area contributed by atoms with Gasteiger partial charge in [-0.05, 0) is 0 Å². The van der Waals surface area contributed by atoms with Gasteiger partial charge in [-0.15, -0.1) is 0 Å². The van der Waals surface area contributed by atoms with Crippen LogP contribution in [-0.2, 0) is 24.4 Å². The summed E-state index contributed by atoms with van der Waals surface area (Å²) < 4.78 is 37.6. The first-order valence-electron chi connectivity index (χ1n) is 9.75. The summed E-state index contributed by atoms with van der Waals surface area (Å²) in [4.78, 5) is 11.3. The van der Waals surface area contributed by atoms with Gasteiger partial charge in [0.15, 0.2) is 0 Å². The van der Waals surface area contributed by atoms with Crippen LogP contribution in [0, 0.1) is 0 Å². The summed E-state index contributed by atoms with van der Waals surface area (Å²) >= 11 is -4.88. The van der Waals surface area contributed by atoms with Crippen molar-refractivity contribution >= 4 is 24.1 Å². The number of esters is 1. The molecular formula is C21H33AsO7. The quantitative estimate of drug-likeness (QED) is 0.493. The Morgan fingerprint density at radius 3 is 1.52 bits per heavy atom. The van der Waals surface area contributed by atoms with Crippen molar-refractivity contribution in [1.82, 2.24) is 0 Å². The summed E-state index contributed by atoms with van der Waals surface area (Å²) in [7, 11) is 1.32. The zero-order chi connectivity index (χ0) is 22.0. The molecule has 3 rings (SSSR count). The molecule has 2 heterocycles. The monoisotopic (exact) mass is 472 g/mol. The predicted molar refractivity (Wildman–Crippen MR) is 110 cm³/mol. The van der Waals surface area contributed by atoms with Crippen LogP contribution < -0.4 is 9.09 Å². The molecule has 0 aromatic heterocycles. The van der Waals surface area contributed by atoms with E-state index in [-0.39, 0.29) is 6.61 Å². The van der Waals surface area contributed by atoms with E-state index < -0.39 is 42.2 Å². The average Bonchev–Trinajstić information content (AvgIpc) is 2.84. The fraction of sp³-hybridized carbons (Fsp3) is 0.667. The topological polar surface area (TPSA) is 72.5 Å². The molecule has 164 valence electrons. The first-order valence-corrected chi connectivity index (χ1v) is 13.8. The van der Waals surface area contributed by atoms with Crippen LogP contribution in [-0.4, -0.2) is 55.9 Å². The van der Waals surface area contributed by atoms with E-state index in [2.05, 4.69) is 4.74 Å². The summed E-state index contributed by atoms with van der Waals surface area (Å²) in [6, 6.07) is 7.20. The van der Waals surface area contributed by atoms with E-state index in [1.54, 1.807) is 12.1 Å². The molecule has 29 heavy (non-hydrogen) atoms. The van der Waals surface area contributed by atoms with Gasteiger partial charge in [-0.1, -0.05) is 0 Å². The molecule has 0 saturated carbocycles. The fourth-order valence-corrected chi connectivity index (χ4v) is 14.5. The van der Waals surface area contributed by atoms with E-state index >= 15 is 0 Å². The predicted octanol–water partition coefficient (Wildman–Crippen LogP) is 3.04. The second-order valence-corrected chi connectivity index (χ2v) is 15.6. The van der Waals surface area contributed by atoms with Crippen LogP contribution in [0.4, 0.5) is 0 Å².